The van der Waals surface area contributed by atoms with Crippen LogP contribution in [0.3, 0.4) is 0 Å². The number of hydroxylamine groups is 1. The second-order valence-electron chi connectivity index (χ2n) is 5.14. The van der Waals surface area contributed by atoms with E-state index in [1.807, 2.05) is 0 Å². The first-order valence-corrected chi connectivity index (χ1v) is 5.93. The molecule has 0 N–H and O–H groups in total. The largest absolute Gasteiger partial charge is 0.497 e. The lowest BCUT2D eigenvalue weighted by atomic mass is 9.98. The summed E-state index contributed by atoms with van der Waals surface area (Å²) < 4.78 is 5.03. The summed E-state index contributed by atoms with van der Waals surface area (Å²) in [4.78, 5) is 28.6. The molecule has 0 bridgehead atoms. The first-order valence-electron chi connectivity index (χ1n) is 5.93. The quantitative estimate of drug-likeness (QED) is 0.771. The molecule has 0 unspecified atom stereocenters. The predicted octanol–water partition coefficient (Wildman–Crippen LogP) is 2.55. The Morgan fingerprint density at radius 3 is 2.00 bits per heavy atom. The van der Waals surface area contributed by atoms with Gasteiger partial charge in [0.05, 0.1) is 18.2 Å². The third-order valence-corrected chi connectivity index (χ3v) is 2.38. The van der Waals surface area contributed by atoms with Crippen molar-refractivity contribution in [1.82, 2.24) is 0 Å². The highest BCUT2D eigenvalue weighted by Gasteiger charge is 2.27. The smallest absolute Gasteiger partial charge is 0.338 e. The van der Waals surface area contributed by atoms with E-state index in [2.05, 4.69) is 0 Å². The molecule has 104 valence electrons. The summed E-state index contributed by atoms with van der Waals surface area (Å²) in [5, 5.41) is 0.979. The van der Waals surface area contributed by atoms with Gasteiger partial charge >= 0.3 is 5.97 Å². The number of hydrogen-bond acceptors (Lipinski definition) is 4. The molecule has 1 aromatic rings. The molecule has 0 aliphatic heterocycles. The van der Waals surface area contributed by atoms with E-state index in [0.29, 0.717) is 11.4 Å². The van der Waals surface area contributed by atoms with E-state index in [1.165, 1.54) is 6.92 Å². The Labute approximate surface area is 113 Å². The third-order valence-electron chi connectivity index (χ3n) is 2.38. The SMILES string of the molecule is COc1ccc(N(OC(=O)C(C)(C)C)C(C)=O)cc1. The lowest BCUT2D eigenvalue weighted by molar-refractivity contribution is -0.158. The van der Waals surface area contributed by atoms with Gasteiger partial charge in [-0.05, 0) is 45.0 Å². The first-order chi connectivity index (χ1) is 8.75. The van der Waals surface area contributed by atoms with Crippen LogP contribution in [0.5, 0.6) is 5.75 Å². The molecule has 1 amide bonds. The van der Waals surface area contributed by atoms with Gasteiger partial charge in [0.1, 0.15) is 5.75 Å². The van der Waals surface area contributed by atoms with Crippen molar-refractivity contribution >= 4 is 17.6 Å². The minimum atomic E-state index is -0.680. The highest BCUT2D eigenvalue weighted by Crippen LogP contribution is 2.22. The number of methoxy groups -OCH3 is 1. The van der Waals surface area contributed by atoms with Gasteiger partial charge in [0.25, 0.3) is 5.91 Å². The molecule has 0 atom stereocenters. The van der Waals surface area contributed by atoms with Crippen molar-refractivity contribution in [2.24, 2.45) is 5.41 Å². The zero-order valence-corrected chi connectivity index (χ0v) is 11.9. The van der Waals surface area contributed by atoms with Crippen LogP contribution in [-0.2, 0) is 14.4 Å². The summed E-state index contributed by atoms with van der Waals surface area (Å²) in [5.74, 6) is -0.185. The molecule has 5 nitrogen and oxygen atoms in total. The van der Waals surface area contributed by atoms with Crippen LogP contribution in [0.15, 0.2) is 24.3 Å². The van der Waals surface area contributed by atoms with Crippen molar-refractivity contribution in [3.8, 4) is 5.75 Å². The fourth-order valence-corrected chi connectivity index (χ4v) is 1.24. The van der Waals surface area contributed by atoms with Gasteiger partial charge in [-0.1, -0.05) is 0 Å². The summed E-state index contributed by atoms with van der Waals surface area (Å²) in [6, 6.07) is 6.68. The number of carbonyl (C=O) groups excluding carboxylic acids is 2. The van der Waals surface area contributed by atoms with Gasteiger partial charge in [-0.25, -0.2) is 4.79 Å². The Morgan fingerprint density at radius 2 is 1.63 bits per heavy atom. The maximum Gasteiger partial charge on any atom is 0.338 e. The minimum absolute atomic E-state index is 0.372. The highest BCUT2D eigenvalue weighted by atomic mass is 16.7. The van der Waals surface area contributed by atoms with E-state index in [1.54, 1.807) is 52.1 Å². The molecule has 0 aliphatic carbocycles. The Balaban J connectivity index is 2.94. The van der Waals surface area contributed by atoms with Crippen molar-refractivity contribution in [2.45, 2.75) is 27.7 Å². The molecular weight excluding hydrogens is 246 g/mol. The molecule has 0 saturated carbocycles. The van der Waals surface area contributed by atoms with Crippen molar-refractivity contribution in [3.05, 3.63) is 24.3 Å². The topological polar surface area (TPSA) is 55.8 Å². The molecule has 0 radical (unpaired) electrons. The molecule has 0 aromatic heterocycles. The minimum Gasteiger partial charge on any atom is -0.497 e. The van der Waals surface area contributed by atoms with E-state index in [4.69, 9.17) is 9.57 Å². The zero-order chi connectivity index (χ0) is 14.6. The van der Waals surface area contributed by atoms with Gasteiger partial charge < -0.3 is 9.57 Å². The van der Waals surface area contributed by atoms with Crippen LogP contribution in [0, 0.1) is 5.41 Å². The molecule has 0 aliphatic rings. The standard InChI is InChI=1S/C14H19NO4/c1-10(16)15(19-13(17)14(2,3)4)11-6-8-12(18-5)9-7-11/h6-9H,1-5H3. The fourth-order valence-electron chi connectivity index (χ4n) is 1.24. The predicted molar refractivity (Wildman–Crippen MR) is 71.7 cm³/mol. The summed E-state index contributed by atoms with van der Waals surface area (Å²) in [7, 11) is 1.55. The summed E-state index contributed by atoms with van der Waals surface area (Å²) in [5.41, 5.74) is -0.203. The second kappa shape index (κ2) is 5.73. The van der Waals surface area contributed by atoms with E-state index in [-0.39, 0.29) is 5.91 Å². The van der Waals surface area contributed by atoms with E-state index in [9.17, 15) is 9.59 Å². The van der Waals surface area contributed by atoms with Crippen LogP contribution >= 0.6 is 0 Å². The van der Waals surface area contributed by atoms with Crippen LogP contribution in [-0.4, -0.2) is 19.0 Å². The lowest BCUT2D eigenvalue weighted by Crippen LogP contribution is -2.36. The van der Waals surface area contributed by atoms with Crippen molar-refractivity contribution < 1.29 is 19.2 Å². The lowest BCUT2D eigenvalue weighted by Gasteiger charge is -2.24. The number of ether oxygens (including phenoxy) is 1. The number of hydrogen-bond donors (Lipinski definition) is 0. The molecule has 0 fully saturated rings. The number of benzene rings is 1. The maximum atomic E-state index is 11.8. The van der Waals surface area contributed by atoms with Gasteiger partial charge in [0.15, 0.2) is 0 Å². The number of nitrogens with zero attached hydrogens (tertiary/aromatic N) is 1. The van der Waals surface area contributed by atoms with Crippen LogP contribution < -0.4 is 9.80 Å². The Morgan fingerprint density at radius 1 is 1.11 bits per heavy atom. The first kappa shape index (κ1) is 15.0. The number of amides is 1. The third kappa shape index (κ3) is 3.98. The summed E-state index contributed by atoms with van der Waals surface area (Å²) >= 11 is 0. The molecule has 0 spiro atoms. The Kier molecular flexibility index (Phi) is 4.53. The Bertz CT molecular complexity index is 459. The molecule has 5 heteroatoms. The molecule has 1 aromatic carbocycles. The maximum absolute atomic E-state index is 11.8. The average molecular weight is 265 g/mol. The van der Waals surface area contributed by atoms with Crippen LogP contribution in [0.1, 0.15) is 27.7 Å². The molecule has 0 heterocycles. The van der Waals surface area contributed by atoms with E-state index < -0.39 is 11.4 Å². The van der Waals surface area contributed by atoms with Crippen molar-refractivity contribution in [2.75, 3.05) is 12.2 Å². The molecular formula is C14H19NO4. The van der Waals surface area contributed by atoms with Crippen LogP contribution in [0.2, 0.25) is 0 Å². The van der Waals surface area contributed by atoms with Gasteiger partial charge in [0.2, 0.25) is 0 Å². The summed E-state index contributed by atoms with van der Waals surface area (Å²) in [6.07, 6.45) is 0. The van der Waals surface area contributed by atoms with Gasteiger partial charge in [-0.15, -0.1) is 5.06 Å². The fraction of sp³-hybridized carbons (Fsp3) is 0.429. The van der Waals surface area contributed by atoms with E-state index >= 15 is 0 Å². The van der Waals surface area contributed by atoms with E-state index in [0.717, 1.165) is 5.06 Å². The molecule has 19 heavy (non-hydrogen) atoms. The number of anilines is 1. The van der Waals surface area contributed by atoms with Gasteiger partial charge in [0, 0.05) is 6.92 Å². The number of carbonyl (C=O) groups is 2. The monoisotopic (exact) mass is 265 g/mol. The highest BCUT2D eigenvalue weighted by molar-refractivity contribution is 5.92. The van der Waals surface area contributed by atoms with Crippen LogP contribution in [0.25, 0.3) is 0 Å². The summed E-state index contributed by atoms with van der Waals surface area (Å²) in [6.45, 7) is 6.51. The zero-order valence-electron chi connectivity index (χ0n) is 11.9. The van der Waals surface area contributed by atoms with Crippen molar-refractivity contribution in [3.63, 3.8) is 0 Å². The molecule has 0 saturated heterocycles. The normalized spacial score (nSPS) is 10.8. The second-order valence-corrected chi connectivity index (χ2v) is 5.14. The Hall–Kier alpha value is -2.04. The van der Waals surface area contributed by atoms with Crippen LogP contribution in [0.4, 0.5) is 5.69 Å². The average Bonchev–Trinajstić information content (AvgIpc) is 2.34. The van der Waals surface area contributed by atoms with Gasteiger partial charge in [-0.3, -0.25) is 4.79 Å². The number of rotatable bonds is 2. The van der Waals surface area contributed by atoms with Crippen molar-refractivity contribution in [1.29, 1.82) is 0 Å². The van der Waals surface area contributed by atoms with Gasteiger partial charge in [-0.2, -0.15) is 0 Å². The molecule has 1 rings (SSSR count).